The van der Waals surface area contributed by atoms with E-state index in [0.717, 1.165) is 12.1 Å². The first-order valence-corrected chi connectivity index (χ1v) is 5.52. The summed E-state index contributed by atoms with van der Waals surface area (Å²) in [7, 11) is -1.44. The summed E-state index contributed by atoms with van der Waals surface area (Å²) in [4.78, 5) is 3.78. The van der Waals surface area contributed by atoms with Crippen LogP contribution in [0.5, 0.6) is 0 Å². The van der Waals surface area contributed by atoms with Gasteiger partial charge in [0.1, 0.15) is 5.04 Å². The molecule has 6 heteroatoms. The van der Waals surface area contributed by atoms with E-state index in [4.69, 9.17) is 0 Å². The molecule has 0 N–H and O–H groups in total. The Bertz CT molecular complexity index is 505. The van der Waals surface area contributed by atoms with Crippen LogP contribution < -0.4 is 0 Å². The molecule has 1 atom stereocenters. The first-order valence-electron chi connectivity index (χ1n) is 4.31. The van der Waals surface area contributed by atoms with Gasteiger partial charge in [-0.1, -0.05) is 12.1 Å². The number of nitrogens with zero attached hydrogens (tertiary/aromatic N) is 1. The second-order valence-corrected chi connectivity index (χ2v) is 4.35. The predicted molar refractivity (Wildman–Crippen MR) is 55.3 cm³/mol. The first kappa shape index (κ1) is 11.1. The summed E-state index contributed by atoms with van der Waals surface area (Å²) in [6.07, 6.45) is -3.07. The third-order valence-electron chi connectivity index (χ3n) is 2.00. The van der Waals surface area contributed by atoms with Crippen LogP contribution in [0.4, 0.5) is 13.2 Å². The van der Waals surface area contributed by atoms with Gasteiger partial charge in [-0.2, -0.15) is 13.2 Å². The van der Waals surface area contributed by atoms with Crippen LogP contribution in [0, 0.1) is 0 Å². The number of hydrogen-bond acceptors (Lipinski definition) is 2. The van der Waals surface area contributed by atoms with Crippen LogP contribution in [0.2, 0.25) is 0 Å². The zero-order valence-corrected chi connectivity index (χ0v) is 8.68. The standard InChI is InChI=1S/C10H6F3NOS/c11-10(12,13)8-3-1-2-7(6-8)9-14-4-5-16(9)15/h1-6H. The maximum atomic E-state index is 12.4. The zero-order chi connectivity index (χ0) is 11.8. The number of rotatable bonds is 1. The number of alkyl halides is 3. The minimum Gasteiger partial charge on any atom is -0.248 e. The van der Waals surface area contributed by atoms with Crippen molar-refractivity contribution in [3.8, 4) is 0 Å². The predicted octanol–water partition coefficient (Wildman–Crippen LogP) is 2.69. The Labute approximate surface area is 92.0 Å². The van der Waals surface area contributed by atoms with E-state index in [0.29, 0.717) is 0 Å². The van der Waals surface area contributed by atoms with Gasteiger partial charge in [-0.3, -0.25) is 0 Å². The van der Waals surface area contributed by atoms with Crippen LogP contribution in [0.1, 0.15) is 11.1 Å². The Morgan fingerprint density at radius 1 is 1.25 bits per heavy atom. The van der Waals surface area contributed by atoms with Crippen molar-refractivity contribution in [1.29, 1.82) is 0 Å². The SMILES string of the molecule is O=S1C=CN=C1c1cccc(C(F)(F)F)c1. The molecule has 0 saturated carbocycles. The summed E-state index contributed by atoms with van der Waals surface area (Å²) in [5.74, 6) is 0. The Morgan fingerprint density at radius 3 is 2.56 bits per heavy atom. The van der Waals surface area contributed by atoms with Crippen molar-refractivity contribution in [1.82, 2.24) is 0 Å². The summed E-state index contributed by atoms with van der Waals surface area (Å²) in [5, 5.41) is 1.49. The van der Waals surface area contributed by atoms with E-state index in [2.05, 4.69) is 4.99 Å². The van der Waals surface area contributed by atoms with Crippen LogP contribution in [0.3, 0.4) is 0 Å². The van der Waals surface area contributed by atoms with Gasteiger partial charge in [0, 0.05) is 17.2 Å². The highest BCUT2D eigenvalue weighted by atomic mass is 32.2. The summed E-state index contributed by atoms with van der Waals surface area (Å²) in [6, 6.07) is 4.65. The van der Waals surface area contributed by atoms with Gasteiger partial charge in [0.2, 0.25) is 0 Å². The number of benzene rings is 1. The van der Waals surface area contributed by atoms with Crippen molar-refractivity contribution < 1.29 is 17.4 Å². The number of aliphatic imine (C=N–C) groups is 1. The molecule has 0 spiro atoms. The Balaban J connectivity index is 2.41. The third-order valence-corrected chi connectivity index (χ3v) is 3.09. The van der Waals surface area contributed by atoms with Gasteiger partial charge < -0.3 is 0 Å². The molecule has 84 valence electrons. The maximum absolute atomic E-state index is 12.4. The van der Waals surface area contributed by atoms with Crippen molar-refractivity contribution >= 4 is 15.8 Å². The van der Waals surface area contributed by atoms with Crippen molar-refractivity contribution in [2.75, 3.05) is 0 Å². The fourth-order valence-electron chi connectivity index (χ4n) is 1.29. The highest BCUT2D eigenvalue weighted by Crippen LogP contribution is 2.30. The second-order valence-electron chi connectivity index (χ2n) is 3.10. The van der Waals surface area contributed by atoms with E-state index in [1.54, 1.807) is 0 Å². The molecule has 0 fully saturated rings. The van der Waals surface area contributed by atoms with E-state index in [1.807, 2.05) is 0 Å². The molecule has 1 heterocycles. The molecule has 0 aromatic heterocycles. The molecule has 1 aliphatic rings. The molecule has 0 amide bonds. The molecule has 16 heavy (non-hydrogen) atoms. The normalized spacial score (nSPS) is 19.9. The lowest BCUT2D eigenvalue weighted by Crippen LogP contribution is -2.09. The first-order chi connectivity index (χ1) is 7.48. The van der Waals surface area contributed by atoms with Crippen LogP contribution in [-0.2, 0) is 17.0 Å². The molecule has 2 nitrogen and oxygen atoms in total. The molecular weight excluding hydrogens is 239 g/mol. The van der Waals surface area contributed by atoms with Crippen molar-refractivity contribution in [3.05, 3.63) is 47.0 Å². The molecular formula is C10H6F3NOS. The van der Waals surface area contributed by atoms with Gasteiger partial charge in [0.25, 0.3) is 0 Å². The van der Waals surface area contributed by atoms with E-state index in [9.17, 15) is 17.4 Å². The number of halogens is 3. The van der Waals surface area contributed by atoms with E-state index in [1.165, 1.54) is 23.7 Å². The lowest BCUT2D eigenvalue weighted by atomic mass is 10.1. The van der Waals surface area contributed by atoms with Crippen molar-refractivity contribution in [2.45, 2.75) is 6.18 Å². The van der Waals surface area contributed by atoms with E-state index in [-0.39, 0.29) is 10.6 Å². The highest BCUT2D eigenvalue weighted by Gasteiger charge is 2.31. The molecule has 1 aliphatic heterocycles. The van der Waals surface area contributed by atoms with Gasteiger partial charge in [-0.05, 0) is 12.1 Å². The molecule has 1 aromatic rings. The molecule has 0 bridgehead atoms. The smallest absolute Gasteiger partial charge is 0.248 e. The summed E-state index contributed by atoms with van der Waals surface area (Å²) >= 11 is 0. The van der Waals surface area contributed by atoms with E-state index < -0.39 is 22.5 Å². The Hall–Kier alpha value is -1.43. The molecule has 1 unspecified atom stereocenters. The molecule has 0 saturated heterocycles. The largest absolute Gasteiger partial charge is 0.416 e. The summed E-state index contributed by atoms with van der Waals surface area (Å²) in [6.45, 7) is 0. The number of hydrogen-bond donors (Lipinski definition) is 0. The summed E-state index contributed by atoms with van der Waals surface area (Å²) in [5.41, 5.74) is -0.533. The lowest BCUT2D eigenvalue weighted by molar-refractivity contribution is -0.137. The van der Waals surface area contributed by atoms with Gasteiger partial charge in [0.15, 0.2) is 0 Å². The fraction of sp³-hybridized carbons (Fsp3) is 0.100. The quantitative estimate of drug-likeness (QED) is 0.748. The highest BCUT2D eigenvalue weighted by molar-refractivity contribution is 8.04. The van der Waals surface area contributed by atoms with Crippen LogP contribution in [-0.4, -0.2) is 9.25 Å². The fourth-order valence-corrected chi connectivity index (χ4v) is 2.11. The van der Waals surface area contributed by atoms with Crippen LogP contribution >= 0.6 is 0 Å². The molecule has 0 aliphatic carbocycles. The topological polar surface area (TPSA) is 29.4 Å². The monoisotopic (exact) mass is 245 g/mol. The van der Waals surface area contributed by atoms with Gasteiger partial charge in [0.05, 0.1) is 16.4 Å². The van der Waals surface area contributed by atoms with E-state index >= 15 is 0 Å². The molecule has 0 radical (unpaired) electrons. The van der Waals surface area contributed by atoms with Gasteiger partial charge in [-0.25, -0.2) is 9.20 Å². The van der Waals surface area contributed by atoms with Crippen molar-refractivity contribution in [3.63, 3.8) is 0 Å². The third kappa shape index (κ3) is 2.06. The van der Waals surface area contributed by atoms with Crippen LogP contribution in [0.15, 0.2) is 40.9 Å². The van der Waals surface area contributed by atoms with Gasteiger partial charge >= 0.3 is 6.18 Å². The van der Waals surface area contributed by atoms with Crippen molar-refractivity contribution in [2.24, 2.45) is 4.99 Å². The average Bonchev–Trinajstić information content (AvgIpc) is 2.63. The molecule has 2 rings (SSSR count). The second kappa shape index (κ2) is 3.86. The maximum Gasteiger partial charge on any atom is 0.416 e. The van der Waals surface area contributed by atoms with Crippen LogP contribution in [0.25, 0.3) is 0 Å². The minimum absolute atomic E-state index is 0.158. The minimum atomic E-state index is -4.40. The average molecular weight is 245 g/mol. The lowest BCUT2D eigenvalue weighted by Gasteiger charge is -2.07. The van der Waals surface area contributed by atoms with Gasteiger partial charge in [-0.15, -0.1) is 0 Å². The zero-order valence-electron chi connectivity index (χ0n) is 7.86. The Morgan fingerprint density at radius 2 is 2.00 bits per heavy atom. The Kier molecular flexibility index (Phi) is 2.67. The summed E-state index contributed by atoms with van der Waals surface area (Å²) < 4.78 is 48.6. The molecule has 1 aromatic carbocycles.